The minimum atomic E-state index is -0.558. The van der Waals surface area contributed by atoms with Gasteiger partial charge >= 0.3 is 5.69 Å². The van der Waals surface area contributed by atoms with Gasteiger partial charge in [0.2, 0.25) is 5.91 Å². The first-order valence-corrected chi connectivity index (χ1v) is 8.86. The minimum absolute atomic E-state index is 0.0809. The Hall–Kier alpha value is -3.16. The number of nitrogens with one attached hydrogen (secondary N) is 3. The number of carbonyl (C=O) groups is 1. The monoisotopic (exact) mass is 372 g/mol. The van der Waals surface area contributed by atoms with E-state index in [0.29, 0.717) is 17.9 Å². The van der Waals surface area contributed by atoms with Crippen molar-refractivity contribution in [1.29, 1.82) is 0 Å². The summed E-state index contributed by atoms with van der Waals surface area (Å²) in [5.74, 6) is 0.474. The molecule has 8 heteroatoms. The highest BCUT2D eigenvalue weighted by atomic mass is 16.5. The molecule has 27 heavy (non-hydrogen) atoms. The molecule has 2 rings (SSSR count). The summed E-state index contributed by atoms with van der Waals surface area (Å²) < 4.78 is 5.58. The molecule has 0 aliphatic rings. The van der Waals surface area contributed by atoms with Gasteiger partial charge in [0.15, 0.2) is 0 Å². The van der Waals surface area contributed by atoms with Crippen LogP contribution in [-0.4, -0.2) is 28.7 Å². The molecule has 1 heterocycles. The van der Waals surface area contributed by atoms with Crippen LogP contribution in [0.5, 0.6) is 5.75 Å². The lowest BCUT2D eigenvalue weighted by molar-refractivity contribution is -0.121. The van der Waals surface area contributed by atoms with E-state index in [0.717, 1.165) is 24.2 Å². The van der Waals surface area contributed by atoms with Crippen molar-refractivity contribution in [1.82, 2.24) is 15.4 Å². The first-order chi connectivity index (χ1) is 13.0. The summed E-state index contributed by atoms with van der Waals surface area (Å²) in [5, 5.41) is 3.91. The molecule has 0 unspecified atom stereocenters. The summed E-state index contributed by atoms with van der Waals surface area (Å²) in [6, 6.07) is 7.40. The van der Waals surface area contributed by atoms with Crippen LogP contribution in [0.3, 0.4) is 0 Å². The number of amides is 1. The molecule has 8 nitrogen and oxygen atoms in total. The number of aromatic nitrogens is 2. The zero-order valence-corrected chi connectivity index (χ0v) is 15.5. The van der Waals surface area contributed by atoms with Crippen LogP contribution in [0.2, 0.25) is 0 Å². The Morgan fingerprint density at radius 1 is 1.22 bits per heavy atom. The van der Waals surface area contributed by atoms with Gasteiger partial charge in [-0.15, -0.1) is 0 Å². The van der Waals surface area contributed by atoms with Crippen LogP contribution in [0.15, 0.2) is 39.0 Å². The maximum Gasteiger partial charge on any atom is 0.325 e. The minimum Gasteiger partial charge on any atom is -0.494 e. The molecule has 0 bridgehead atoms. The summed E-state index contributed by atoms with van der Waals surface area (Å²) in [6.07, 6.45) is 3.92. The number of H-pyrrole nitrogens is 2. The van der Waals surface area contributed by atoms with Gasteiger partial charge < -0.3 is 9.72 Å². The average Bonchev–Trinajstić information content (AvgIpc) is 2.62. The number of carbonyl (C=O) groups excluding carboxylic acids is 1. The van der Waals surface area contributed by atoms with Crippen molar-refractivity contribution in [3.05, 3.63) is 61.9 Å². The van der Waals surface area contributed by atoms with Crippen LogP contribution in [0, 0.1) is 6.92 Å². The highest BCUT2D eigenvalue weighted by Crippen LogP contribution is 2.11. The molecule has 0 saturated carbocycles. The van der Waals surface area contributed by atoms with Crippen LogP contribution >= 0.6 is 0 Å². The molecule has 1 aromatic carbocycles. The number of hydrogen-bond donors (Lipinski definition) is 3. The number of rotatable bonds is 9. The van der Waals surface area contributed by atoms with Crippen LogP contribution in [-0.2, 0) is 11.2 Å². The fraction of sp³-hybridized carbons (Fsp3) is 0.368. The number of aryl methyl sites for hydroxylation is 1. The quantitative estimate of drug-likeness (QED) is 0.352. The van der Waals surface area contributed by atoms with Gasteiger partial charge in [0, 0.05) is 17.7 Å². The fourth-order valence-corrected chi connectivity index (χ4v) is 2.38. The number of aromatic amines is 2. The van der Waals surface area contributed by atoms with Crippen LogP contribution in [0.25, 0.3) is 0 Å². The molecule has 1 amide bonds. The molecule has 0 saturated heterocycles. The highest BCUT2D eigenvalue weighted by molar-refractivity contribution is 5.82. The van der Waals surface area contributed by atoms with E-state index >= 15 is 0 Å². The smallest absolute Gasteiger partial charge is 0.325 e. The summed E-state index contributed by atoms with van der Waals surface area (Å²) in [7, 11) is 0. The predicted octanol–water partition coefficient (Wildman–Crippen LogP) is 1.63. The van der Waals surface area contributed by atoms with Crippen molar-refractivity contribution in [2.24, 2.45) is 5.10 Å². The van der Waals surface area contributed by atoms with Crippen LogP contribution < -0.4 is 21.4 Å². The SMILES string of the molecule is CCCCOc1ccc(/C=N/NC(=O)CCc2c(C)[nH]c(=O)[nH]c2=O)cc1. The van der Waals surface area contributed by atoms with Gasteiger partial charge in [-0.2, -0.15) is 5.10 Å². The van der Waals surface area contributed by atoms with E-state index in [4.69, 9.17) is 4.74 Å². The summed E-state index contributed by atoms with van der Waals surface area (Å²) in [4.78, 5) is 39.4. The van der Waals surface area contributed by atoms with Crippen molar-refractivity contribution in [2.75, 3.05) is 6.61 Å². The van der Waals surface area contributed by atoms with E-state index in [1.54, 1.807) is 6.92 Å². The molecule has 0 spiro atoms. The Balaban J connectivity index is 1.81. The Labute approximate surface area is 156 Å². The van der Waals surface area contributed by atoms with Crippen LogP contribution in [0.1, 0.15) is 43.0 Å². The van der Waals surface area contributed by atoms with Gasteiger partial charge in [-0.1, -0.05) is 13.3 Å². The predicted molar refractivity (Wildman–Crippen MR) is 103 cm³/mol. The molecule has 0 atom stereocenters. The molecule has 3 N–H and O–H groups in total. The molecule has 2 aromatic rings. The van der Waals surface area contributed by atoms with E-state index in [2.05, 4.69) is 27.4 Å². The van der Waals surface area contributed by atoms with Crippen LogP contribution in [0.4, 0.5) is 0 Å². The van der Waals surface area contributed by atoms with Gasteiger partial charge in [-0.25, -0.2) is 10.2 Å². The molecular weight excluding hydrogens is 348 g/mol. The number of unbranched alkanes of at least 4 members (excludes halogenated alkanes) is 1. The Bertz CT molecular complexity index is 897. The zero-order chi connectivity index (χ0) is 19.6. The Morgan fingerprint density at radius 2 is 1.96 bits per heavy atom. The van der Waals surface area contributed by atoms with E-state index < -0.39 is 11.2 Å². The molecule has 0 aliphatic heterocycles. The summed E-state index contributed by atoms with van der Waals surface area (Å²) >= 11 is 0. The standard InChI is InChI=1S/C19H24N4O4/c1-3-4-11-27-15-7-5-14(6-8-15)12-20-23-17(24)10-9-16-13(2)21-19(26)22-18(16)25/h5-8,12H,3-4,9-11H2,1-2H3,(H,23,24)(H2,21,22,25,26)/b20-12+. The Kier molecular flexibility index (Phi) is 7.54. The molecule has 0 aliphatic carbocycles. The van der Waals surface area contributed by atoms with Crippen molar-refractivity contribution in [2.45, 2.75) is 39.5 Å². The molecular formula is C19H24N4O4. The number of hydrazone groups is 1. The molecule has 0 radical (unpaired) electrons. The zero-order valence-electron chi connectivity index (χ0n) is 15.5. The van der Waals surface area contributed by atoms with Crippen molar-refractivity contribution in [3.63, 3.8) is 0 Å². The second kappa shape index (κ2) is 10.1. The lowest BCUT2D eigenvalue weighted by atomic mass is 10.1. The van der Waals surface area contributed by atoms with E-state index in [9.17, 15) is 14.4 Å². The Morgan fingerprint density at radius 3 is 2.63 bits per heavy atom. The second-order valence-corrected chi connectivity index (χ2v) is 6.08. The normalized spacial score (nSPS) is 10.9. The maximum absolute atomic E-state index is 11.9. The first kappa shape index (κ1) is 20.2. The lowest BCUT2D eigenvalue weighted by Gasteiger charge is -2.05. The maximum atomic E-state index is 11.9. The van der Waals surface area contributed by atoms with Gasteiger partial charge in [0.1, 0.15) is 5.75 Å². The molecule has 0 fully saturated rings. The third kappa shape index (κ3) is 6.58. The van der Waals surface area contributed by atoms with Gasteiger partial charge in [-0.05, 0) is 49.6 Å². The van der Waals surface area contributed by atoms with Gasteiger partial charge in [0.05, 0.1) is 12.8 Å². The molecule has 1 aromatic heterocycles. The average molecular weight is 372 g/mol. The first-order valence-electron chi connectivity index (χ1n) is 8.86. The van der Waals surface area contributed by atoms with E-state index in [-0.39, 0.29) is 18.7 Å². The number of benzene rings is 1. The number of nitrogens with zero attached hydrogens (tertiary/aromatic N) is 1. The molecule has 144 valence electrons. The van der Waals surface area contributed by atoms with Gasteiger partial charge in [0.25, 0.3) is 5.56 Å². The lowest BCUT2D eigenvalue weighted by Crippen LogP contribution is -2.28. The van der Waals surface area contributed by atoms with Crippen molar-refractivity contribution < 1.29 is 9.53 Å². The number of ether oxygens (including phenoxy) is 1. The third-order valence-electron chi connectivity index (χ3n) is 3.91. The topological polar surface area (TPSA) is 116 Å². The van der Waals surface area contributed by atoms with Crippen molar-refractivity contribution >= 4 is 12.1 Å². The largest absolute Gasteiger partial charge is 0.494 e. The fourth-order valence-electron chi connectivity index (χ4n) is 2.38. The van der Waals surface area contributed by atoms with E-state index in [1.165, 1.54) is 6.21 Å². The van der Waals surface area contributed by atoms with E-state index in [1.807, 2.05) is 24.3 Å². The second-order valence-electron chi connectivity index (χ2n) is 6.08. The number of hydrogen-bond acceptors (Lipinski definition) is 5. The summed E-state index contributed by atoms with van der Waals surface area (Å²) in [6.45, 7) is 4.42. The highest BCUT2D eigenvalue weighted by Gasteiger charge is 2.08. The summed E-state index contributed by atoms with van der Waals surface area (Å²) in [5.41, 5.74) is 3.05. The third-order valence-corrected chi connectivity index (χ3v) is 3.91. The van der Waals surface area contributed by atoms with Gasteiger partial charge in [-0.3, -0.25) is 14.6 Å². The van der Waals surface area contributed by atoms with Crippen molar-refractivity contribution in [3.8, 4) is 5.75 Å².